The van der Waals surface area contributed by atoms with Crippen LogP contribution in [0.5, 0.6) is 5.75 Å². The monoisotopic (exact) mass is 377 g/mol. The molecule has 0 amide bonds. The lowest BCUT2D eigenvalue weighted by Gasteiger charge is -2.17. The minimum absolute atomic E-state index is 0.0105. The van der Waals surface area contributed by atoms with E-state index in [9.17, 15) is 8.78 Å². The summed E-state index contributed by atoms with van der Waals surface area (Å²) >= 11 is 1.67. The van der Waals surface area contributed by atoms with Gasteiger partial charge in [0.2, 0.25) is 11.7 Å². The summed E-state index contributed by atoms with van der Waals surface area (Å²) in [5.74, 6) is 0.618. The number of rotatable bonds is 9. The molecule has 26 heavy (non-hydrogen) atoms. The fourth-order valence-electron chi connectivity index (χ4n) is 2.46. The fourth-order valence-corrected chi connectivity index (χ4v) is 3.21. The Morgan fingerprint density at radius 2 is 2.08 bits per heavy atom. The van der Waals surface area contributed by atoms with Crippen LogP contribution in [0, 0.1) is 0 Å². The summed E-state index contributed by atoms with van der Waals surface area (Å²) in [6.45, 7) is 2.66. The Morgan fingerprint density at radius 3 is 2.81 bits per heavy atom. The van der Waals surface area contributed by atoms with Gasteiger partial charge >= 0.3 is 6.61 Å². The van der Waals surface area contributed by atoms with Crippen molar-refractivity contribution in [3.8, 4) is 17.1 Å². The van der Waals surface area contributed by atoms with Gasteiger partial charge in [0.1, 0.15) is 5.75 Å². The molecule has 5 nitrogen and oxygen atoms in total. The maximum atomic E-state index is 12.6. The van der Waals surface area contributed by atoms with E-state index in [0.717, 1.165) is 6.54 Å². The molecule has 0 atom stereocenters. The molecule has 0 aliphatic carbocycles. The van der Waals surface area contributed by atoms with E-state index in [2.05, 4.69) is 32.4 Å². The molecule has 2 heterocycles. The quantitative estimate of drug-likeness (QED) is 0.511. The number of halogens is 2. The van der Waals surface area contributed by atoms with Gasteiger partial charge in [0.25, 0.3) is 0 Å². The first kappa shape index (κ1) is 18.2. The molecule has 0 fully saturated rings. The third kappa shape index (κ3) is 4.74. The van der Waals surface area contributed by atoms with Gasteiger partial charge in [-0.2, -0.15) is 13.8 Å². The van der Waals surface area contributed by atoms with Crippen LogP contribution in [0.15, 0.2) is 59.0 Å². The van der Waals surface area contributed by atoms with Crippen molar-refractivity contribution in [2.45, 2.75) is 19.7 Å². The summed E-state index contributed by atoms with van der Waals surface area (Å²) in [5, 5.41) is 5.92. The van der Waals surface area contributed by atoms with E-state index >= 15 is 0 Å². The van der Waals surface area contributed by atoms with Crippen molar-refractivity contribution in [1.82, 2.24) is 15.0 Å². The van der Waals surface area contributed by atoms with Crippen LogP contribution in [0.1, 0.15) is 10.8 Å². The predicted molar refractivity (Wildman–Crippen MR) is 95.0 cm³/mol. The summed E-state index contributed by atoms with van der Waals surface area (Å²) in [6.07, 6.45) is 1.80. The maximum absolute atomic E-state index is 12.6. The number of hydrogen-bond donors (Lipinski definition) is 0. The van der Waals surface area contributed by atoms with Crippen molar-refractivity contribution in [2.24, 2.45) is 0 Å². The number of aromatic nitrogens is 2. The molecule has 0 spiro atoms. The van der Waals surface area contributed by atoms with Crippen LogP contribution in [0.4, 0.5) is 8.78 Å². The molecule has 0 saturated heterocycles. The SMILES string of the molecule is C=CCN(Cc1nc(-c2ccccc2OC(F)F)no1)Cc1cccs1. The molecule has 0 unspecified atom stereocenters. The second-order valence-corrected chi connectivity index (χ2v) is 6.46. The number of hydrogen-bond acceptors (Lipinski definition) is 6. The van der Waals surface area contributed by atoms with E-state index in [0.29, 0.717) is 24.5 Å². The first-order valence-corrected chi connectivity index (χ1v) is 8.76. The second kappa shape index (κ2) is 8.68. The van der Waals surface area contributed by atoms with Crippen LogP contribution in [-0.2, 0) is 13.1 Å². The van der Waals surface area contributed by atoms with E-state index in [1.54, 1.807) is 35.6 Å². The molecule has 1 aromatic carbocycles. The molecule has 0 saturated carbocycles. The lowest BCUT2D eigenvalue weighted by atomic mass is 10.2. The molecule has 2 aromatic heterocycles. The van der Waals surface area contributed by atoms with Crippen molar-refractivity contribution < 1.29 is 18.0 Å². The first-order valence-electron chi connectivity index (χ1n) is 7.88. The number of para-hydroxylation sites is 1. The van der Waals surface area contributed by atoms with Crippen molar-refractivity contribution in [1.29, 1.82) is 0 Å². The molecule has 3 aromatic rings. The Bertz CT molecular complexity index is 837. The molecular weight excluding hydrogens is 360 g/mol. The Labute approximate surface area is 153 Å². The number of thiophene rings is 1. The minimum atomic E-state index is -2.92. The number of benzene rings is 1. The topological polar surface area (TPSA) is 51.4 Å². The third-order valence-corrected chi connectivity index (χ3v) is 4.38. The van der Waals surface area contributed by atoms with E-state index in [1.807, 2.05) is 11.4 Å². The Morgan fingerprint density at radius 1 is 1.23 bits per heavy atom. The average molecular weight is 377 g/mol. The molecule has 0 radical (unpaired) electrons. The zero-order chi connectivity index (χ0) is 18.4. The van der Waals surface area contributed by atoms with E-state index in [1.165, 1.54) is 10.9 Å². The van der Waals surface area contributed by atoms with Crippen molar-refractivity contribution in [3.05, 3.63) is 65.2 Å². The van der Waals surface area contributed by atoms with Gasteiger partial charge in [-0.1, -0.05) is 29.4 Å². The average Bonchev–Trinajstić information content (AvgIpc) is 3.27. The van der Waals surface area contributed by atoms with Crippen molar-refractivity contribution >= 4 is 11.3 Å². The highest BCUT2D eigenvalue weighted by Gasteiger charge is 2.17. The number of nitrogens with zero attached hydrogens (tertiary/aromatic N) is 3. The molecule has 0 aliphatic rings. The highest BCUT2D eigenvalue weighted by molar-refractivity contribution is 7.09. The van der Waals surface area contributed by atoms with Crippen LogP contribution in [0.2, 0.25) is 0 Å². The van der Waals surface area contributed by atoms with Gasteiger partial charge in [0.15, 0.2) is 0 Å². The molecular formula is C18H17F2N3O2S. The van der Waals surface area contributed by atoms with Crippen LogP contribution in [-0.4, -0.2) is 28.2 Å². The zero-order valence-electron chi connectivity index (χ0n) is 13.8. The van der Waals surface area contributed by atoms with Gasteiger partial charge in [0, 0.05) is 18.0 Å². The summed E-state index contributed by atoms with van der Waals surface area (Å²) in [4.78, 5) is 7.63. The fraction of sp³-hybridized carbons (Fsp3) is 0.222. The second-order valence-electron chi connectivity index (χ2n) is 5.42. The molecule has 0 N–H and O–H groups in total. The zero-order valence-corrected chi connectivity index (χ0v) is 14.7. The smallest absolute Gasteiger partial charge is 0.387 e. The number of ether oxygens (including phenoxy) is 1. The van der Waals surface area contributed by atoms with Gasteiger partial charge in [-0.05, 0) is 23.6 Å². The highest BCUT2D eigenvalue weighted by Crippen LogP contribution is 2.29. The molecule has 8 heteroatoms. The van der Waals surface area contributed by atoms with Gasteiger partial charge < -0.3 is 9.26 Å². The van der Waals surface area contributed by atoms with Crippen LogP contribution in [0.25, 0.3) is 11.4 Å². The highest BCUT2D eigenvalue weighted by atomic mass is 32.1. The van der Waals surface area contributed by atoms with Crippen LogP contribution in [0.3, 0.4) is 0 Å². The summed E-state index contributed by atoms with van der Waals surface area (Å²) in [7, 11) is 0. The van der Waals surface area contributed by atoms with Gasteiger partial charge in [-0.3, -0.25) is 4.90 Å². The first-order chi connectivity index (χ1) is 12.7. The largest absolute Gasteiger partial charge is 0.434 e. The number of alkyl halides is 2. The Kier molecular flexibility index (Phi) is 6.08. The lowest BCUT2D eigenvalue weighted by molar-refractivity contribution is -0.0494. The Hall–Kier alpha value is -2.58. The van der Waals surface area contributed by atoms with Crippen molar-refractivity contribution in [2.75, 3.05) is 6.54 Å². The summed E-state index contributed by atoms with van der Waals surface area (Å²) in [5.41, 5.74) is 0.358. The minimum Gasteiger partial charge on any atom is -0.434 e. The Balaban J connectivity index is 1.75. The predicted octanol–water partition coefficient (Wildman–Crippen LogP) is 4.59. The standard InChI is InChI=1S/C18H17F2N3O2S/c1-2-9-23(11-13-6-5-10-26-13)12-16-21-17(22-25-16)14-7-3-4-8-15(14)24-18(19)20/h2-8,10,18H,1,9,11-12H2. The molecule has 136 valence electrons. The molecule has 0 aliphatic heterocycles. The lowest BCUT2D eigenvalue weighted by Crippen LogP contribution is -2.22. The molecule has 0 bridgehead atoms. The van der Waals surface area contributed by atoms with Gasteiger partial charge in [-0.15, -0.1) is 17.9 Å². The van der Waals surface area contributed by atoms with Gasteiger partial charge in [0.05, 0.1) is 12.1 Å². The van der Waals surface area contributed by atoms with Crippen LogP contribution >= 0.6 is 11.3 Å². The van der Waals surface area contributed by atoms with Gasteiger partial charge in [-0.25, -0.2) is 0 Å². The van der Waals surface area contributed by atoms with Crippen LogP contribution < -0.4 is 4.74 Å². The summed E-state index contributed by atoms with van der Waals surface area (Å²) < 4.78 is 34.9. The summed E-state index contributed by atoms with van der Waals surface area (Å²) in [6, 6.07) is 10.4. The molecule has 3 rings (SSSR count). The van der Waals surface area contributed by atoms with Crippen molar-refractivity contribution in [3.63, 3.8) is 0 Å². The third-order valence-electron chi connectivity index (χ3n) is 3.52. The van der Waals surface area contributed by atoms with E-state index in [4.69, 9.17) is 4.52 Å². The van der Waals surface area contributed by atoms with E-state index < -0.39 is 6.61 Å². The normalized spacial score (nSPS) is 11.2. The van der Waals surface area contributed by atoms with E-state index in [-0.39, 0.29) is 11.6 Å². The maximum Gasteiger partial charge on any atom is 0.387 e.